The molecule has 0 unspecified atom stereocenters. The molecular formula is C16H30N2O2. The van der Waals surface area contributed by atoms with Gasteiger partial charge in [-0.15, -0.1) is 0 Å². The van der Waals surface area contributed by atoms with E-state index in [0.29, 0.717) is 6.42 Å². The highest BCUT2D eigenvalue weighted by molar-refractivity contribution is 5.66. The number of aliphatic carboxylic acids is 1. The molecule has 1 aliphatic heterocycles. The second-order valence-corrected chi connectivity index (χ2v) is 6.01. The van der Waals surface area contributed by atoms with Crippen LogP contribution in [0.5, 0.6) is 0 Å². The van der Waals surface area contributed by atoms with Crippen molar-refractivity contribution in [2.45, 2.75) is 96.1 Å². The van der Waals surface area contributed by atoms with Crippen molar-refractivity contribution in [2.75, 3.05) is 0 Å². The fourth-order valence-electron chi connectivity index (χ4n) is 2.62. The number of rotatable bonds is 14. The summed E-state index contributed by atoms with van der Waals surface area (Å²) < 4.78 is 0. The van der Waals surface area contributed by atoms with Crippen molar-refractivity contribution in [1.29, 1.82) is 0 Å². The zero-order valence-corrected chi connectivity index (χ0v) is 12.9. The average Bonchev–Trinajstić information content (AvgIpc) is 3.18. The van der Waals surface area contributed by atoms with E-state index in [2.05, 4.69) is 17.2 Å². The first-order valence-electron chi connectivity index (χ1n) is 8.34. The Morgan fingerprint density at radius 2 is 1.35 bits per heavy atom. The summed E-state index contributed by atoms with van der Waals surface area (Å²) in [5.74, 6) is -0.674. The first-order chi connectivity index (χ1) is 9.68. The summed E-state index contributed by atoms with van der Waals surface area (Å²) in [6.07, 6.45) is 14.4. The molecule has 1 N–H and O–H groups in total. The topological polar surface area (TPSA) is 62.0 Å². The Balaban J connectivity index is 1.87. The van der Waals surface area contributed by atoms with Crippen LogP contribution in [0.3, 0.4) is 0 Å². The molecule has 0 amide bonds. The van der Waals surface area contributed by atoms with E-state index in [1.54, 1.807) is 0 Å². The quantitative estimate of drug-likeness (QED) is 0.438. The number of hydrogen-bond acceptors (Lipinski definition) is 3. The molecule has 0 atom stereocenters. The number of unbranched alkanes of at least 4 members (excludes halogenated alkanes) is 8. The van der Waals surface area contributed by atoms with Crippen LogP contribution >= 0.6 is 0 Å². The lowest BCUT2D eigenvalue weighted by molar-refractivity contribution is -0.137. The van der Waals surface area contributed by atoms with Gasteiger partial charge >= 0.3 is 5.97 Å². The van der Waals surface area contributed by atoms with E-state index in [9.17, 15) is 4.79 Å². The van der Waals surface area contributed by atoms with Crippen LogP contribution in [0, 0.1) is 0 Å². The van der Waals surface area contributed by atoms with E-state index in [1.807, 2.05) is 0 Å². The first-order valence-corrected chi connectivity index (χ1v) is 8.34. The number of carbonyl (C=O) groups is 1. The third kappa shape index (κ3) is 8.28. The predicted molar refractivity (Wildman–Crippen MR) is 80.9 cm³/mol. The van der Waals surface area contributed by atoms with Crippen molar-refractivity contribution < 1.29 is 9.90 Å². The van der Waals surface area contributed by atoms with Crippen molar-refractivity contribution in [3.05, 3.63) is 0 Å². The molecule has 0 spiro atoms. The van der Waals surface area contributed by atoms with Crippen molar-refractivity contribution in [3.8, 4) is 0 Å². The van der Waals surface area contributed by atoms with Crippen LogP contribution in [0.2, 0.25) is 0 Å². The molecule has 1 heterocycles. The van der Waals surface area contributed by atoms with Gasteiger partial charge in [-0.05, 0) is 32.1 Å². The molecule has 0 aliphatic carbocycles. The summed E-state index contributed by atoms with van der Waals surface area (Å²) in [6.45, 7) is 2.23. The maximum atomic E-state index is 10.4. The van der Waals surface area contributed by atoms with Crippen LogP contribution < -0.4 is 0 Å². The number of carboxylic acid groups (broad SMARTS) is 1. The fraction of sp³-hybridized carbons (Fsp3) is 0.938. The van der Waals surface area contributed by atoms with Gasteiger partial charge in [0.1, 0.15) is 0 Å². The lowest BCUT2D eigenvalue weighted by Gasteiger charge is -2.10. The van der Waals surface area contributed by atoms with Gasteiger partial charge in [0.25, 0.3) is 0 Å². The van der Waals surface area contributed by atoms with Crippen molar-refractivity contribution in [2.24, 2.45) is 10.2 Å². The van der Waals surface area contributed by atoms with Crippen LogP contribution in [-0.2, 0) is 4.79 Å². The molecule has 0 saturated carbocycles. The van der Waals surface area contributed by atoms with Crippen LogP contribution in [0.4, 0.5) is 0 Å². The molecular weight excluding hydrogens is 252 g/mol. The highest BCUT2D eigenvalue weighted by atomic mass is 16.4. The summed E-state index contributed by atoms with van der Waals surface area (Å²) in [6, 6.07) is 0. The molecule has 4 heteroatoms. The van der Waals surface area contributed by atoms with Crippen LogP contribution in [0.1, 0.15) is 90.4 Å². The second kappa shape index (κ2) is 9.89. The average molecular weight is 282 g/mol. The van der Waals surface area contributed by atoms with E-state index >= 15 is 0 Å². The molecule has 0 radical (unpaired) electrons. The summed E-state index contributed by atoms with van der Waals surface area (Å²) in [4.78, 5) is 10.4. The van der Waals surface area contributed by atoms with Gasteiger partial charge in [0.15, 0.2) is 5.66 Å². The van der Waals surface area contributed by atoms with Crippen LogP contribution in [0.15, 0.2) is 10.2 Å². The van der Waals surface area contributed by atoms with E-state index in [4.69, 9.17) is 5.11 Å². The van der Waals surface area contributed by atoms with Crippen molar-refractivity contribution >= 4 is 5.97 Å². The largest absolute Gasteiger partial charge is 0.481 e. The van der Waals surface area contributed by atoms with Gasteiger partial charge in [-0.2, -0.15) is 10.2 Å². The minimum Gasteiger partial charge on any atom is -0.481 e. The molecule has 0 aromatic heterocycles. The zero-order chi connectivity index (χ0) is 14.7. The van der Waals surface area contributed by atoms with E-state index in [1.165, 1.54) is 44.9 Å². The summed E-state index contributed by atoms with van der Waals surface area (Å²) in [5, 5.41) is 17.1. The highest BCUT2D eigenvalue weighted by Crippen LogP contribution is 2.38. The summed E-state index contributed by atoms with van der Waals surface area (Å²) in [5.41, 5.74) is 0.0110. The maximum absolute atomic E-state index is 10.4. The fourth-order valence-corrected chi connectivity index (χ4v) is 2.62. The lowest BCUT2D eigenvalue weighted by Crippen LogP contribution is -2.10. The molecule has 0 aromatic carbocycles. The number of carboxylic acids is 1. The summed E-state index contributed by atoms with van der Waals surface area (Å²) in [7, 11) is 0. The zero-order valence-electron chi connectivity index (χ0n) is 12.9. The Kier molecular flexibility index (Phi) is 8.47. The van der Waals surface area contributed by atoms with Crippen molar-refractivity contribution in [3.63, 3.8) is 0 Å². The Labute approximate surface area is 123 Å². The molecule has 0 bridgehead atoms. The third-order valence-electron chi connectivity index (χ3n) is 4.03. The monoisotopic (exact) mass is 282 g/mol. The van der Waals surface area contributed by atoms with Crippen molar-refractivity contribution in [1.82, 2.24) is 0 Å². The smallest absolute Gasteiger partial charge is 0.303 e. The molecule has 0 aromatic rings. The lowest BCUT2D eigenvalue weighted by atomic mass is 9.98. The van der Waals surface area contributed by atoms with Gasteiger partial charge in [0.05, 0.1) is 0 Å². The van der Waals surface area contributed by atoms with E-state index in [-0.39, 0.29) is 5.66 Å². The van der Waals surface area contributed by atoms with Gasteiger partial charge in [0.2, 0.25) is 0 Å². The summed E-state index contributed by atoms with van der Waals surface area (Å²) >= 11 is 0. The Morgan fingerprint density at radius 3 is 1.85 bits per heavy atom. The Hall–Kier alpha value is -0.930. The van der Waals surface area contributed by atoms with E-state index in [0.717, 1.165) is 32.1 Å². The van der Waals surface area contributed by atoms with Gasteiger partial charge in [-0.1, -0.05) is 51.9 Å². The maximum Gasteiger partial charge on any atom is 0.303 e. The van der Waals surface area contributed by atoms with Crippen LogP contribution in [0.25, 0.3) is 0 Å². The first kappa shape index (κ1) is 17.1. The minimum absolute atomic E-state index is 0.0110. The van der Waals surface area contributed by atoms with Gasteiger partial charge in [-0.3, -0.25) is 4.79 Å². The third-order valence-corrected chi connectivity index (χ3v) is 4.03. The molecule has 0 saturated heterocycles. The highest BCUT2D eigenvalue weighted by Gasteiger charge is 2.38. The molecule has 116 valence electrons. The molecule has 20 heavy (non-hydrogen) atoms. The second-order valence-electron chi connectivity index (χ2n) is 6.01. The Morgan fingerprint density at radius 1 is 0.850 bits per heavy atom. The SMILES string of the molecule is CCCCCCC1(CCCCCCCCC(=O)O)N=N1. The molecule has 1 aliphatic rings. The van der Waals surface area contributed by atoms with Gasteiger partial charge < -0.3 is 5.11 Å². The molecule has 4 nitrogen and oxygen atoms in total. The minimum atomic E-state index is -0.674. The normalized spacial score (nSPS) is 15.4. The number of hydrogen-bond donors (Lipinski definition) is 1. The number of nitrogens with zero attached hydrogens (tertiary/aromatic N) is 2. The van der Waals surface area contributed by atoms with Gasteiger partial charge in [0, 0.05) is 6.42 Å². The van der Waals surface area contributed by atoms with Gasteiger partial charge in [-0.25, -0.2) is 0 Å². The Bertz CT molecular complexity index is 297. The van der Waals surface area contributed by atoms with Crippen LogP contribution in [-0.4, -0.2) is 16.7 Å². The van der Waals surface area contributed by atoms with E-state index < -0.39 is 5.97 Å². The molecule has 1 rings (SSSR count). The predicted octanol–water partition coefficient (Wildman–Crippen LogP) is 5.32. The molecule has 0 fully saturated rings. The standard InChI is InChI=1S/C16H30N2O2/c1-2-3-4-10-13-16(17-18-16)14-11-8-6-5-7-9-12-15(19)20/h2-14H2,1H3,(H,19,20).